The number of halogens is 1. The van der Waals surface area contributed by atoms with Gasteiger partial charge in [0.2, 0.25) is 0 Å². The fourth-order valence-corrected chi connectivity index (χ4v) is 2.61. The van der Waals surface area contributed by atoms with Gasteiger partial charge in [-0.2, -0.15) is 0 Å². The molecule has 102 valence electrons. The Morgan fingerprint density at radius 1 is 1.42 bits per heavy atom. The molecule has 0 saturated carbocycles. The summed E-state index contributed by atoms with van der Waals surface area (Å²) in [7, 11) is 0. The fraction of sp³-hybridized carbons (Fsp3) is 0.400. The highest BCUT2D eigenvalue weighted by Gasteiger charge is 2.14. The number of hydrogen-bond donors (Lipinski definition) is 1. The lowest BCUT2D eigenvalue weighted by Gasteiger charge is -2.15. The molecule has 19 heavy (non-hydrogen) atoms. The molecular formula is C15H19BrN2O. The number of aliphatic hydroxyl groups excluding tert-OH is 1. The minimum atomic E-state index is -0.518. The first kappa shape index (κ1) is 14.3. The van der Waals surface area contributed by atoms with Crippen LogP contribution in [0.25, 0.3) is 0 Å². The Morgan fingerprint density at radius 3 is 2.95 bits per heavy atom. The minimum absolute atomic E-state index is 0.518. The van der Waals surface area contributed by atoms with Gasteiger partial charge in [0.05, 0.1) is 6.10 Å². The van der Waals surface area contributed by atoms with Gasteiger partial charge < -0.3 is 9.67 Å². The summed E-state index contributed by atoms with van der Waals surface area (Å²) >= 11 is 3.45. The SMILES string of the molecule is CCCn1ccnc1CC(O)c1cc(Br)ccc1C. The molecule has 0 spiro atoms. The van der Waals surface area contributed by atoms with Crippen molar-refractivity contribution in [3.05, 3.63) is 52.0 Å². The van der Waals surface area contributed by atoms with Crippen LogP contribution in [-0.2, 0) is 13.0 Å². The highest BCUT2D eigenvalue weighted by molar-refractivity contribution is 9.10. The maximum Gasteiger partial charge on any atom is 0.111 e. The number of aryl methyl sites for hydroxylation is 2. The largest absolute Gasteiger partial charge is 0.388 e. The molecule has 0 bridgehead atoms. The van der Waals surface area contributed by atoms with E-state index in [9.17, 15) is 5.11 Å². The molecule has 0 aliphatic heterocycles. The molecule has 1 unspecified atom stereocenters. The van der Waals surface area contributed by atoms with Crippen LogP contribution >= 0.6 is 15.9 Å². The van der Waals surface area contributed by atoms with Crippen LogP contribution < -0.4 is 0 Å². The van der Waals surface area contributed by atoms with E-state index in [1.54, 1.807) is 6.20 Å². The van der Waals surface area contributed by atoms with Crippen molar-refractivity contribution >= 4 is 15.9 Å². The van der Waals surface area contributed by atoms with Gasteiger partial charge in [-0.3, -0.25) is 0 Å². The summed E-state index contributed by atoms with van der Waals surface area (Å²) in [5.74, 6) is 0.939. The van der Waals surface area contributed by atoms with E-state index in [0.717, 1.165) is 34.4 Å². The second kappa shape index (κ2) is 6.35. The standard InChI is InChI=1S/C15H19BrN2O/c1-3-7-18-8-6-17-15(18)10-14(19)13-9-12(16)5-4-11(13)2/h4-6,8-9,14,19H,3,7,10H2,1-2H3. The first-order chi connectivity index (χ1) is 9.11. The van der Waals surface area contributed by atoms with E-state index in [0.29, 0.717) is 6.42 Å². The molecule has 0 aliphatic carbocycles. The van der Waals surface area contributed by atoms with Crippen LogP contribution in [0.1, 0.15) is 36.4 Å². The molecule has 4 heteroatoms. The van der Waals surface area contributed by atoms with Crippen LogP contribution in [0.2, 0.25) is 0 Å². The summed E-state index contributed by atoms with van der Waals surface area (Å²) in [4.78, 5) is 4.34. The van der Waals surface area contributed by atoms with Crippen molar-refractivity contribution < 1.29 is 5.11 Å². The van der Waals surface area contributed by atoms with Gasteiger partial charge in [-0.25, -0.2) is 4.98 Å². The van der Waals surface area contributed by atoms with Crippen LogP contribution in [-0.4, -0.2) is 14.7 Å². The lowest BCUT2D eigenvalue weighted by Crippen LogP contribution is -2.10. The van der Waals surface area contributed by atoms with Crippen LogP contribution in [0.3, 0.4) is 0 Å². The van der Waals surface area contributed by atoms with E-state index in [1.807, 2.05) is 31.3 Å². The molecule has 1 N–H and O–H groups in total. The minimum Gasteiger partial charge on any atom is -0.388 e. The van der Waals surface area contributed by atoms with Gasteiger partial charge in [0.15, 0.2) is 0 Å². The molecule has 2 rings (SSSR count). The van der Waals surface area contributed by atoms with Gasteiger partial charge in [-0.1, -0.05) is 28.9 Å². The maximum atomic E-state index is 10.4. The second-order valence-corrected chi connectivity index (χ2v) is 5.67. The summed E-state index contributed by atoms with van der Waals surface area (Å²) in [6, 6.07) is 5.98. The topological polar surface area (TPSA) is 38.0 Å². The molecular weight excluding hydrogens is 304 g/mol. The van der Waals surface area contributed by atoms with Gasteiger partial charge in [0.25, 0.3) is 0 Å². The van der Waals surface area contributed by atoms with E-state index in [2.05, 4.69) is 32.4 Å². The summed E-state index contributed by atoms with van der Waals surface area (Å²) in [6.07, 6.45) is 4.86. The predicted octanol–water partition coefficient (Wildman–Crippen LogP) is 3.64. The highest BCUT2D eigenvalue weighted by atomic mass is 79.9. The number of benzene rings is 1. The van der Waals surface area contributed by atoms with E-state index < -0.39 is 6.10 Å². The van der Waals surface area contributed by atoms with Gasteiger partial charge in [0.1, 0.15) is 5.82 Å². The quantitative estimate of drug-likeness (QED) is 0.912. The number of aliphatic hydroxyl groups is 1. The maximum absolute atomic E-state index is 10.4. The summed E-state index contributed by atoms with van der Waals surface area (Å²) < 4.78 is 3.10. The molecule has 0 amide bonds. The van der Waals surface area contributed by atoms with Crippen molar-refractivity contribution in [1.82, 2.24) is 9.55 Å². The summed E-state index contributed by atoms with van der Waals surface area (Å²) in [5, 5.41) is 10.4. The first-order valence-electron chi connectivity index (χ1n) is 6.56. The van der Waals surface area contributed by atoms with Gasteiger partial charge in [0, 0.05) is 29.8 Å². The van der Waals surface area contributed by atoms with Crippen LogP contribution in [0.5, 0.6) is 0 Å². The van der Waals surface area contributed by atoms with Gasteiger partial charge in [-0.05, 0) is 36.6 Å². The van der Waals surface area contributed by atoms with Crippen molar-refractivity contribution in [3.8, 4) is 0 Å². The lowest BCUT2D eigenvalue weighted by atomic mass is 10.0. The molecule has 3 nitrogen and oxygen atoms in total. The average Bonchev–Trinajstić information content (AvgIpc) is 2.80. The normalized spacial score (nSPS) is 12.6. The van der Waals surface area contributed by atoms with Crippen LogP contribution in [0.4, 0.5) is 0 Å². The Hall–Kier alpha value is -1.13. The molecule has 1 aromatic carbocycles. The molecule has 1 atom stereocenters. The van der Waals surface area contributed by atoms with Crippen LogP contribution in [0, 0.1) is 6.92 Å². The second-order valence-electron chi connectivity index (χ2n) is 4.76. The Kier molecular flexibility index (Phi) is 4.77. The first-order valence-corrected chi connectivity index (χ1v) is 7.35. The molecule has 1 heterocycles. The zero-order valence-electron chi connectivity index (χ0n) is 11.3. The third kappa shape index (κ3) is 3.45. The van der Waals surface area contributed by atoms with Gasteiger partial charge >= 0.3 is 0 Å². The fourth-order valence-electron chi connectivity index (χ4n) is 2.23. The number of nitrogens with zero attached hydrogens (tertiary/aromatic N) is 2. The number of rotatable bonds is 5. The highest BCUT2D eigenvalue weighted by Crippen LogP contribution is 2.24. The number of hydrogen-bond acceptors (Lipinski definition) is 2. The Bertz CT molecular complexity index is 551. The van der Waals surface area contributed by atoms with Crippen LogP contribution in [0.15, 0.2) is 35.1 Å². The smallest absolute Gasteiger partial charge is 0.111 e. The average molecular weight is 323 g/mol. The monoisotopic (exact) mass is 322 g/mol. The van der Waals surface area contributed by atoms with E-state index in [-0.39, 0.29) is 0 Å². The Morgan fingerprint density at radius 2 is 2.21 bits per heavy atom. The molecule has 0 saturated heterocycles. The van der Waals surface area contributed by atoms with Crippen molar-refractivity contribution in [2.24, 2.45) is 0 Å². The Balaban J connectivity index is 2.18. The van der Waals surface area contributed by atoms with E-state index in [4.69, 9.17) is 0 Å². The summed E-state index contributed by atoms with van der Waals surface area (Å²) in [6.45, 7) is 5.10. The zero-order valence-corrected chi connectivity index (χ0v) is 12.9. The Labute approximate surface area is 122 Å². The summed E-state index contributed by atoms with van der Waals surface area (Å²) in [5.41, 5.74) is 2.06. The molecule has 2 aromatic rings. The van der Waals surface area contributed by atoms with Crippen molar-refractivity contribution in [3.63, 3.8) is 0 Å². The molecule has 1 aromatic heterocycles. The number of aromatic nitrogens is 2. The van der Waals surface area contributed by atoms with Crippen molar-refractivity contribution in [2.75, 3.05) is 0 Å². The van der Waals surface area contributed by atoms with E-state index in [1.165, 1.54) is 0 Å². The molecule has 0 fully saturated rings. The molecule has 0 aliphatic rings. The lowest BCUT2D eigenvalue weighted by molar-refractivity contribution is 0.173. The molecule has 0 radical (unpaired) electrons. The van der Waals surface area contributed by atoms with E-state index >= 15 is 0 Å². The predicted molar refractivity (Wildman–Crippen MR) is 80.1 cm³/mol. The van der Waals surface area contributed by atoms with Crippen molar-refractivity contribution in [1.29, 1.82) is 0 Å². The third-order valence-corrected chi connectivity index (χ3v) is 3.74. The van der Waals surface area contributed by atoms with Gasteiger partial charge in [-0.15, -0.1) is 0 Å². The van der Waals surface area contributed by atoms with Crippen molar-refractivity contribution in [2.45, 2.75) is 39.3 Å². The zero-order chi connectivity index (χ0) is 13.8. The third-order valence-electron chi connectivity index (χ3n) is 3.24. The number of imidazole rings is 1.